The van der Waals surface area contributed by atoms with Gasteiger partial charge in [-0.25, -0.2) is 9.78 Å². The van der Waals surface area contributed by atoms with E-state index in [2.05, 4.69) is 40.9 Å². The summed E-state index contributed by atoms with van der Waals surface area (Å²) in [5.41, 5.74) is 2.25. The maximum atomic E-state index is 14.0. The van der Waals surface area contributed by atoms with Gasteiger partial charge >= 0.3 is 6.03 Å². The number of anilines is 1. The van der Waals surface area contributed by atoms with Crippen molar-refractivity contribution in [2.45, 2.75) is 51.5 Å². The van der Waals surface area contributed by atoms with Gasteiger partial charge in [-0.05, 0) is 86.6 Å². The number of nitrogens with zero attached hydrogens (tertiary/aromatic N) is 4. The lowest BCUT2D eigenvalue weighted by Crippen LogP contribution is -2.55. The Bertz CT molecular complexity index is 1090. The first-order chi connectivity index (χ1) is 15.6. The second-order valence-corrected chi connectivity index (χ2v) is 9.93. The SMILES string of the molecule is Cc1cc(C2CCN(C(=O)N(c3nccc4cccc(C)c34)C3CCCNC3)CC2)sn1. The predicted octanol–water partition coefficient (Wildman–Crippen LogP) is 4.87. The minimum atomic E-state index is 0.0980. The fourth-order valence-corrected chi connectivity index (χ4v) is 6.04. The molecule has 32 heavy (non-hydrogen) atoms. The maximum Gasteiger partial charge on any atom is 0.325 e. The van der Waals surface area contributed by atoms with Crippen molar-refractivity contribution < 1.29 is 4.79 Å². The Balaban J connectivity index is 1.44. The highest BCUT2D eigenvalue weighted by atomic mass is 32.1. The summed E-state index contributed by atoms with van der Waals surface area (Å²) < 4.78 is 4.45. The van der Waals surface area contributed by atoms with E-state index in [0.29, 0.717) is 5.92 Å². The van der Waals surface area contributed by atoms with Crippen LogP contribution in [-0.2, 0) is 0 Å². The number of pyridine rings is 1. The third-order valence-corrected chi connectivity index (χ3v) is 7.91. The fraction of sp³-hybridized carbons (Fsp3) is 0.480. The number of hydrogen-bond donors (Lipinski definition) is 1. The fourth-order valence-electron chi connectivity index (χ4n) is 5.13. The van der Waals surface area contributed by atoms with Crippen LogP contribution < -0.4 is 10.2 Å². The molecule has 2 aliphatic heterocycles. The topological polar surface area (TPSA) is 61.4 Å². The summed E-state index contributed by atoms with van der Waals surface area (Å²) in [6.45, 7) is 7.54. The molecule has 0 aliphatic carbocycles. The molecule has 1 unspecified atom stereocenters. The highest BCUT2D eigenvalue weighted by Crippen LogP contribution is 2.34. The van der Waals surface area contributed by atoms with Crippen LogP contribution in [-0.4, -0.2) is 52.5 Å². The van der Waals surface area contributed by atoms with Gasteiger partial charge in [-0.1, -0.05) is 18.2 Å². The number of rotatable bonds is 3. The minimum Gasteiger partial charge on any atom is -0.324 e. The van der Waals surface area contributed by atoms with Gasteiger partial charge in [-0.3, -0.25) is 4.90 Å². The van der Waals surface area contributed by atoms with E-state index < -0.39 is 0 Å². The normalized spacial score (nSPS) is 19.9. The summed E-state index contributed by atoms with van der Waals surface area (Å²) in [6, 6.07) is 10.8. The van der Waals surface area contributed by atoms with Gasteiger partial charge in [0.1, 0.15) is 5.82 Å². The van der Waals surface area contributed by atoms with E-state index in [9.17, 15) is 4.79 Å². The van der Waals surface area contributed by atoms with Crippen molar-refractivity contribution in [2.75, 3.05) is 31.1 Å². The van der Waals surface area contributed by atoms with Crippen molar-refractivity contribution in [3.05, 3.63) is 52.7 Å². The lowest BCUT2D eigenvalue weighted by atomic mass is 9.95. The Hall–Kier alpha value is -2.51. The molecule has 2 aromatic heterocycles. The van der Waals surface area contributed by atoms with Crippen molar-refractivity contribution in [1.29, 1.82) is 0 Å². The van der Waals surface area contributed by atoms with Gasteiger partial charge in [0.15, 0.2) is 0 Å². The molecule has 0 saturated carbocycles. The van der Waals surface area contributed by atoms with Crippen LogP contribution in [0.15, 0.2) is 36.5 Å². The molecule has 0 radical (unpaired) electrons. The van der Waals surface area contributed by atoms with Gasteiger partial charge < -0.3 is 10.2 Å². The molecule has 2 amide bonds. The van der Waals surface area contributed by atoms with Crippen molar-refractivity contribution in [2.24, 2.45) is 0 Å². The number of aryl methyl sites for hydroxylation is 2. The van der Waals surface area contributed by atoms with Gasteiger partial charge in [-0.2, -0.15) is 4.37 Å². The molecule has 6 nitrogen and oxygen atoms in total. The largest absolute Gasteiger partial charge is 0.325 e. The summed E-state index contributed by atoms with van der Waals surface area (Å²) in [5.74, 6) is 1.31. The molecule has 0 bridgehead atoms. The summed E-state index contributed by atoms with van der Waals surface area (Å²) in [6.07, 6.45) is 5.90. The van der Waals surface area contributed by atoms with E-state index in [4.69, 9.17) is 4.98 Å². The average molecular weight is 450 g/mol. The number of amides is 2. The van der Waals surface area contributed by atoms with E-state index in [0.717, 1.165) is 79.7 Å². The number of aromatic nitrogens is 2. The van der Waals surface area contributed by atoms with Crippen LogP contribution in [0.1, 0.15) is 47.7 Å². The highest BCUT2D eigenvalue weighted by Gasteiger charge is 2.34. The molecule has 2 aliphatic rings. The molecular weight excluding hydrogens is 418 g/mol. The molecule has 3 aromatic rings. The number of urea groups is 1. The number of nitrogens with one attached hydrogen (secondary N) is 1. The molecule has 1 atom stereocenters. The van der Waals surface area contributed by atoms with Crippen LogP contribution in [0.4, 0.5) is 10.6 Å². The zero-order chi connectivity index (χ0) is 22.1. The maximum absolute atomic E-state index is 14.0. The van der Waals surface area contributed by atoms with Gasteiger partial charge in [-0.15, -0.1) is 0 Å². The van der Waals surface area contributed by atoms with Gasteiger partial charge in [0.05, 0.1) is 11.7 Å². The van der Waals surface area contributed by atoms with Crippen molar-refractivity contribution in [3.8, 4) is 0 Å². The second-order valence-electron chi connectivity index (χ2n) is 9.09. The molecule has 7 heteroatoms. The van der Waals surface area contributed by atoms with E-state index in [1.807, 2.05) is 29.0 Å². The van der Waals surface area contributed by atoms with Crippen LogP contribution in [0, 0.1) is 13.8 Å². The van der Waals surface area contributed by atoms with Crippen LogP contribution >= 0.6 is 11.5 Å². The number of likely N-dealkylation sites (tertiary alicyclic amines) is 1. The third-order valence-electron chi connectivity index (χ3n) is 6.86. The van der Waals surface area contributed by atoms with Crippen LogP contribution in [0.5, 0.6) is 0 Å². The third kappa shape index (κ3) is 4.11. The highest BCUT2D eigenvalue weighted by molar-refractivity contribution is 7.05. The molecule has 0 spiro atoms. The number of carbonyl (C=O) groups is 1. The molecule has 1 N–H and O–H groups in total. The van der Waals surface area contributed by atoms with Crippen molar-refractivity contribution >= 4 is 34.2 Å². The average Bonchev–Trinajstić information content (AvgIpc) is 3.26. The second kappa shape index (κ2) is 9.16. The monoisotopic (exact) mass is 449 g/mol. The van der Waals surface area contributed by atoms with Crippen molar-refractivity contribution in [3.63, 3.8) is 0 Å². The Labute approximate surface area is 193 Å². The summed E-state index contributed by atoms with van der Waals surface area (Å²) >= 11 is 1.61. The Morgan fingerprint density at radius 1 is 1.19 bits per heavy atom. The summed E-state index contributed by atoms with van der Waals surface area (Å²) in [5, 5.41) is 5.71. The number of hydrogen-bond acceptors (Lipinski definition) is 5. The standard InChI is InChI=1S/C25H31N5OS/c1-17-5-3-6-20-8-12-27-24(23(17)20)30(21-7-4-11-26-16-21)25(31)29-13-9-19(10-14-29)22-15-18(2)28-32-22/h3,5-6,8,12,15,19,21,26H,4,7,9-11,13-14,16H2,1-2H3. The summed E-state index contributed by atoms with van der Waals surface area (Å²) in [4.78, 5) is 24.1. The van der Waals surface area contributed by atoms with Crippen molar-refractivity contribution in [1.82, 2.24) is 19.6 Å². The zero-order valence-electron chi connectivity index (χ0n) is 18.9. The van der Waals surface area contributed by atoms with E-state index in [1.54, 1.807) is 11.5 Å². The van der Waals surface area contributed by atoms with E-state index in [-0.39, 0.29) is 12.1 Å². The lowest BCUT2D eigenvalue weighted by Gasteiger charge is -2.40. The molecule has 4 heterocycles. The molecule has 5 rings (SSSR count). The number of benzene rings is 1. The van der Waals surface area contributed by atoms with E-state index in [1.165, 1.54) is 4.88 Å². The number of piperidine rings is 2. The molecule has 168 valence electrons. The number of fused-ring (bicyclic) bond motifs is 1. The smallest absolute Gasteiger partial charge is 0.324 e. The predicted molar refractivity (Wildman–Crippen MR) is 131 cm³/mol. The minimum absolute atomic E-state index is 0.0980. The Morgan fingerprint density at radius 3 is 2.75 bits per heavy atom. The first-order valence-corrected chi connectivity index (χ1v) is 12.5. The Kier molecular flexibility index (Phi) is 6.11. The molecule has 2 fully saturated rings. The van der Waals surface area contributed by atoms with Crippen LogP contribution in [0.3, 0.4) is 0 Å². The zero-order valence-corrected chi connectivity index (χ0v) is 19.7. The molecule has 1 aromatic carbocycles. The van der Waals surface area contributed by atoms with Crippen LogP contribution in [0.25, 0.3) is 10.8 Å². The van der Waals surface area contributed by atoms with Gasteiger partial charge in [0, 0.05) is 36.1 Å². The lowest BCUT2D eigenvalue weighted by molar-refractivity contribution is 0.184. The van der Waals surface area contributed by atoms with Crippen LogP contribution in [0.2, 0.25) is 0 Å². The first kappa shape index (κ1) is 21.3. The first-order valence-electron chi connectivity index (χ1n) is 11.7. The number of carbonyl (C=O) groups excluding carboxylic acids is 1. The van der Waals surface area contributed by atoms with E-state index >= 15 is 0 Å². The molecular formula is C25H31N5OS. The summed E-state index contributed by atoms with van der Waals surface area (Å²) in [7, 11) is 0. The quantitative estimate of drug-likeness (QED) is 0.620. The Morgan fingerprint density at radius 2 is 2.03 bits per heavy atom. The van der Waals surface area contributed by atoms with Gasteiger partial charge in [0.25, 0.3) is 0 Å². The molecule has 2 saturated heterocycles. The van der Waals surface area contributed by atoms with Gasteiger partial charge in [0.2, 0.25) is 0 Å².